The SMILES string of the molecule is COc1cc(C(=O)NCc2ccc([N+](=O)[O-])cc2)ccc1OCc1cscn1. The maximum Gasteiger partial charge on any atom is 0.269 e. The first-order chi connectivity index (χ1) is 13.6. The number of nitrogens with one attached hydrogen (secondary N) is 1. The van der Waals surface area contributed by atoms with Gasteiger partial charge in [-0.2, -0.15) is 0 Å². The molecular weight excluding hydrogens is 382 g/mol. The molecule has 0 bridgehead atoms. The molecule has 28 heavy (non-hydrogen) atoms. The van der Waals surface area contributed by atoms with E-state index in [1.54, 1.807) is 35.8 Å². The number of hydrogen-bond donors (Lipinski definition) is 1. The minimum atomic E-state index is -0.466. The topological polar surface area (TPSA) is 104 Å². The lowest BCUT2D eigenvalue weighted by atomic mass is 10.1. The number of methoxy groups -OCH3 is 1. The van der Waals surface area contributed by atoms with Gasteiger partial charge in [0.25, 0.3) is 11.6 Å². The van der Waals surface area contributed by atoms with Gasteiger partial charge in [0, 0.05) is 29.6 Å². The number of hydrogen-bond acceptors (Lipinski definition) is 7. The molecule has 0 atom stereocenters. The summed E-state index contributed by atoms with van der Waals surface area (Å²) in [4.78, 5) is 26.8. The van der Waals surface area contributed by atoms with Gasteiger partial charge in [-0.25, -0.2) is 4.98 Å². The molecule has 0 aliphatic carbocycles. The van der Waals surface area contributed by atoms with E-state index in [1.165, 1.54) is 30.6 Å². The van der Waals surface area contributed by atoms with Gasteiger partial charge in [0.1, 0.15) is 6.61 Å². The van der Waals surface area contributed by atoms with E-state index in [4.69, 9.17) is 9.47 Å². The summed E-state index contributed by atoms with van der Waals surface area (Å²) in [5, 5.41) is 15.3. The Labute approximate surface area is 164 Å². The zero-order valence-electron chi connectivity index (χ0n) is 15.0. The molecular formula is C19H17N3O5S. The second kappa shape index (κ2) is 8.96. The van der Waals surface area contributed by atoms with Gasteiger partial charge in [0.05, 0.1) is 23.2 Å². The minimum absolute atomic E-state index is 0.00746. The van der Waals surface area contributed by atoms with Crippen LogP contribution in [0, 0.1) is 10.1 Å². The Bertz CT molecular complexity index is 958. The van der Waals surface area contributed by atoms with Crippen LogP contribution in [0.25, 0.3) is 0 Å². The van der Waals surface area contributed by atoms with E-state index in [-0.39, 0.29) is 18.1 Å². The number of nitro benzene ring substituents is 1. The first kappa shape index (κ1) is 19.3. The van der Waals surface area contributed by atoms with Gasteiger partial charge in [0.15, 0.2) is 11.5 Å². The molecule has 0 saturated heterocycles. The summed E-state index contributed by atoms with van der Waals surface area (Å²) in [7, 11) is 1.50. The zero-order valence-corrected chi connectivity index (χ0v) is 15.8. The summed E-state index contributed by atoms with van der Waals surface area (Å²) in [6.45, 7) is 0.562. The molecule has 0 radical (unpaired) electrons. The molecule has 3 aromatic rings. The lowest BCUT2D eigenvalue weighted by Gasteiger charge is -2.12. The van der Waals surface area contributed by atoms with Crippen LogP contribution in [0.2, 0.25) is 0 Å². The van der Waals surface area contributed by atoms with Crippen LogP contribution in [-0.4, -0.2) is 22.9 Å². The summed E-state index contributed by atoms with van der Waals surface area (Å²) >= 11 is 1.49. The maximum absolute atomic E-state index is 12.4. The van der Waals surface area contributed by atoms with Crippen molar-refractivity contribution in [2.75, 3.05) is 7.11 Å². The average Bonchev–Trinajstić information content (AvgIpc) is 3.24. The number of ether oxygens (including phenoxy) is 2. The van der Waals surface area contributed by atoms with Gasteiger partial charge in [-0.15, -0.1) is 11.3 Å². The van der Waals surface area contributed by atoms with Crippen LogP contribution in [0.5, 0.6) is 11.5 Å². The van der Waals surface area contributed by atoms with Gasteiger partial charge < -0.3 is 14.8 Å². The van der Waals surface area contributed by atoms with Crippen LogP contribution in [-0.2, 0) is 13.2 Å². The van der Waals surface area contributed by atoms with Crippen molar-refractivity contribution in [1.29, 1.82) is 0 Å². The average molecular weight is 399 g/mol. The number of nitrogens with zero attached hydrogens (tertiary/aromatic N) is 2. The smallest absolute Gasteiger partial charge is 0.269 e. The highest BCUT2D eigenvalue weighted by atomic mass is 32.1. The molecule has 0 spiro atoms. The molecule has 0 unspecified atom stereocenters. The number of nitro groups is 1. The van der Waals surface area contributed by atoms with E-state index in [9.17, 15) is 14.9 Å². The van der Waals surface area contributed by atoms with E-state index in [0.29, 0.717) is 23.7 Å². The molecule has 9 heteroatoms. The molecule has 8 nitrogen and oxygen atoms in total. The lowest BCUT2D eigenvalue weighted by Crippen LogP contribution is -2.22. The highest BCUT2D eigenvalue weighted by molar-refractivity contribution is 7.07. The lowest BCUT2D eigenvalue weighted by molar-refractivity contribution is -0.384. The Balaban J connectivity index is 1.62. The molecule has 144 valence electrons. The molecule has 0 fully saturated rings. The largest absolute Gasteiger partial charge is 0.493 e. The number of benzene rings is 2. The van der Waals surface area contributed by atoms with E-state index in [2.05, 4.69) is 10.3 Å². The Morgan fingerprint density at radius 2 is 2.00 bits per heavy atom. The van der Waals surface area contributed by atoms with Gasteiger partial charge in [-0.1, -0.05) is 12.1 Å². The Hall–Kier alpha value is -3.46. The highest BCUT2D eigenvalue weighted by Crippen LogP contribution is 2.29. The number of non-ortho nitro benzene ring substituents is 1. The van der Waals surface area contributed by atoms with Crippen molar-refractivity contribution in [2.24, 2.45) is 0 Å². The monoisotopic (exact) mass is 399 g/mol. The van der Waals surface area contributed by atoms with Crippen molar-refractivity contribution in [3.05, 3.63) is 80.3 Å². The van der Waals surface area contributed by atoms with Crippen molar-refractivity contribution in [3.63, 3.8) is 0 Å². The number of rotatable bonds is 8. The fourth-order valence-electron chi connectivity index (χ4n) is 2.41. The number of carbonyl (C=O) groups is 1. The quantitative estimate of drug-likeness (QED) is 0.459. The third-order valence-electron chi connectivity index (χ3n) is 3.89. The van der Waals surface area contributed by atoms with Crippen LogP contribution in [0.15, 0.2) is 53.4 Å². The molecule has 2 aromatic carbocycles. The fraction of sp³-hybridized carbons (Fsp3) is 0.158. The molecule has 1 heterocycles. The van der Waals surface area contributed by atoms with Crippen LogP contribution in [0.1, 0.15) is 21.6 Å². The molecule has 3 rings (SSSR count). The summed E-state index contributed by atoms with van der Waals surface area (Å²) in [5.41, 5.74) is 3.73. The first-order valence-corrected chi connectivity index (χ1v) is 9.20. The number of thiazole rings is 1. The Morgan fingerprint density at radius 1 is 1.21 bits per heavy atom. The standard InChI is InChI=1S/C19H17N3O5S/c1-26-18-8-14(4-7-17(18)27-10-15-11-28-12-21-15)19(23)20-9-13-2-5-16(6-3-13)22(24)25/h2-8,11-12H,9-10H2,1H3,(H,20,23). The summed E-state index contributed by atoms with van der Waals surface area (Å²) < 4.78 is 11.0. The predicted molar refractivity (Wildman–Crippen MR) is 104 cm³/mol. The highest BCUT2D eigenvalue weighted by Gasteiger charge is 2.12. The number of amides is 1. The van der Waals surface area contributed by atoms with Crippen LogP contribution < -0.4 is 14.8 Å². The second-order valence-electron chi connectivity index (χ2n) is 5.74. The van der Waals surface area contributed by atoms with Crippen molar-refractivity contribution >= 4 is 22.9 Å². The number of aromatic nitrogens is 1. The molecule has 0 aliphatic rings. The van der Waals surface area contributed by atoms with Gasteiger partial charge in [-0.05, 0) is 23.8 Å². The van der Waals surface area contributed by atoms with Crippen molar-refractivity contribution < 1.29 is 19.2 Å². The molecule has 0 aliphatic heterocycles. The van der Waals surface area contributed by atoms with E-state index >= 15 is 0 Å². The molecule has 1 N–H and O–H groups in total. The van der Waals surface area contributed by atoms with Gasteiger partial charge in [-0.3, -0.25) is 14.9 Å². The summed E-state index contributed by atoms with van der Waals surface area (Å²) in [6, 6.07) is 10.9. The molecule has 1 aromatic heterocycles. The normalized spacial score (nSPS) is 10.3. The van der Waals surface area contributed by atoms with Crippen molar-refractivity contribution in [1.82, 2.24) is 10.3 Å². The Kier molecular flexibility index (Phi) is 6.18. The van der Waals surface area contributed by atoms with Crippen LogP contribution >= 0.6 is 11.3 Å². The van der Waals surface area contributed by atoms with Crippen molar-refractivity contribution in [2.45, 2.75) is 13.2 Å². The van der Waals surface area contributed by atoms with Crippen LogP contribution in [0.4, 0.5) is 5.69 Å². The first-order valence-electron chi connectivity index (χ1n) is 8.26. The third-order valence-corrected chi connectivity index (χ3v) is 4.52. The van der Waals surface area contributed by atoms with Crippen molar-refractivity contribution in [3.8, 4) is 11.5 Å². The second-order valence-corrected chi connectivity index (χ2v) is 6.46. The predicted octanol–water partition coefficient (Wildman–Crippen LogP) is 3.57. The van der Waals surface area contributed by atoms with E-state index in [1.807, 2.05) is 5.38 Å². The van der Waals surface area contributed by atoms with Gasteiger partial charge >= 0.3 is 0 Å². The summed E-state index contributed by atoms with van der Waals surface area (Å²) in [6.07, 6.45) is 0. The third kappa shape index (κ3) is 4.83. The van der Waals surface area contributed by atoms with Gasteiger partial charge in [0.2, 0.25) is 0 Å². The molecule has 1 amide bonds. The maximum atomic E-state index is 12.4. The summed E-state index contributed by atoms with van der Waals surface area (Å²) in [5.74, 6) is 0.670. The van der Waals surface area contributed by atoms with E-state index in [0.717, 1.165) is 11.3 Å². The minimum Gasteiger partial charge on any atom is -0.493 e. The Morgan fingerprint density at radius 3 is 2.64 bits per heavy atom. The molecule has 0 saturated carbocycles. The van der Waals surface area contributed by atoms with Crippen LogP contribution in [0.3, 0.4) is 0 Å². The fourth-order valence-corrected chi connectivity index (χ4v) is 2.95. The van der Waals surface area contributed by atoms with E-state index < -0.39 is 4.92 Å². The number of carbonyl (C=O) groups excluding carboxylic acids is 1. The zero-order chi connectivity index (χ0) is 19.9.